The lowest BCUT2D eigenvalue weighted by Gasteiger charge is -2.35. The zero-order chi connectivity index (χ0) is 11.6. The second-order valence-electron chi connectivity index (χ2n) is 5.36. The fourth-order valence-electron chi connectivity index (χ4n) is 1.59. The molecular formula is C11H22N2O2. The molecule has 0 bridgehead atoms. The van der Waals surface area contributed by atoms with Crippen molar-refractivity contribution >= 4 is 6.09 Å². The van der Waals surface area contributed by atoms with Crippen molar-refractivity contribution in [1.29, 1.82) is 0 Å². The minimum Gasteiger partial charge on any atom is -0.444 e. The van der Waals surface area contributed by atoms with Crippen LogP contribution in [0.15, 0.2) is 0 Å². The molecule has 0 aromatic carbocycles. The maximum Gasteiger partial charge on any atom is 0.410 e. The van der Waals surface area contributed by atoms with E-state index in [9.17, 15) is 4.79 Å². The van der Waals surface area contributed by atoms with E-state index in [1.807, 2.05) is 20.8 Å². The molecular weight excluding hydrogens is 192 g/mol. The topological polar surface area (TPSA) is 55.6 Å². The summed E-state index contributed by atoms with van der Waals surface area (Å²) in [6.07, 6.45) is 0.713. The monoisotopic (exact) mass is 214 g/mol. The maximum absolute atomic E-state index is 11.7. The molecule has 1 rings (SSSR count). The van der Waals surface area contributed by atoms with Gasteiger partial charge in [-0.15, -0.1) is 0 Å². The molecule has 4 nitrogen and oxygen atoms in total. The molecule has 2 atom stereocenters. The minimum absolute atomic E-state index is 0.0752. The summed E-state index contributed by atoms with van der Waals surface area (Å²) in [5.41, 5.74) is 5.49. The normalized spacial score (nSPS) is 27.7. The average Bonchev–Trinajstić information content (AvgIpc) is 2.06. The predicted molar refractivity (Wildman–Crippen MR) is 59.6 cm³/mol. The number of nitrogens with two attached hydrogens (primary N) is 1. The van der Waals surface area contributed by atoms with Gasteiger partial charge in [0.05, 0.1) is 0 Å². The molecule has 0 radical (unpaired) electrons. The van der Waals surface area contributed by atoms with Gasteiger partial charge >= 0.3 is 6.09 Å². The van der Waals surface area contributed by atoms with E-state index in [2.05, 4.69) is 6.92 Å². The van der Waals surface area contributed by atoms with Crippen LogP contribution in [0.25, 0.3) is 0 Å². The Morgan fingerprint density at radius 2 is 2.07 bits per heavy atom. The van der Waals surface area contributed by atoms with E-state index < -0.39 is 5.60 Å². The molecule has 1 heterocycles. The van der Waals surface area contributed by atoms with Crippen molar-refractivity contribution in [3.05, 3.63) is 0 Å². The Hall–Kier alpha value is -0.770. The van der Waals surface area contributed by atoms with Crippen LogP contribution in [-0.4, -0.2) is 35.7 Å². The van der Waals surface area contributed by atoms with Crippen LogP contribution in [0.2, 0.25) is 0 Å². The summed E-state index contributed by atoms with van der Waals surface area (Å²) < 4.78 is 5.29. The lowest BCUT2D eigenvalue weighted by Crippen LogP contribution is -2.50. The number of nitrogens with zero attached hydrogens (tertiary/aromatic N) is 1. The van der Waals surface area contributed by atoms with Gasteiger partial charge in [0.2, 0.25) is 0 Å². The lowest BCUT2D eigenvalue weighted by molar-refractivity contribution is 0.0167. The number of ether oxygens (including phenoxy) is 1. The Labute approximate surface area is 91.8 Å². The highest BCUT2D eigenvalue weighted by Gasteiger charge is 2.29. The summed E-state index contributed by atoms with van der Waals surface area (Å²) in [6.45, 7) is 9.10. The number of likely N-dealkylation sites (tertiary alicyclic amines) is 1. The van der Waals surface area contributed by atoms with Crippen molar-refractivity contribution in [2.75, 3.05) is 13.1 Å². The van der Waals surface area contributed by atoms with Crippen LogP contribution in [0.5, 0.6) is 0 Å². The molecule has 0 unspecified atom stereocenters. The van der Waals surface area contributed by atoms with Crippen molar-refractivity contribution in [2.45, 2.75) is 45.8 Å². The van der Waals surface area contributed by atoms with Crippen molar-refractivity contribution in [2.24, 2.45) is 11.7 Å². The molecule has 2 N–H and O–H groups in total. The van der Waals surface area contributed by atoms with Gasteiger partial charge in [-0.2, -0.15) is 0 Å². The van der Waals surface area contributed by atoms with Gasteiger partial charge in [0.15, 0.2) is 0 Å². The zero-order valence-electron chi connectivity index (χ0n) is 10.1. The summed E-state index contributed by atoms with van der Waals surface area (Å²) in [7, 11) is 0. The number of carbonyl (C=O) groups is 1. The highest BCUT2D eigenvalue weighted by atomic mass is 16.6. The Balaban J connectivity index is 2.48. The predicted octanol–water partition coefficient (Wildman–Crippen LogP) is 1.59. The van der Waals surface area contributed by atoms with Crippen molar-refractivity contribution in [3.8, 4) is 0 Å². The highest BCUT2D eigenvalue weighted by molar-refractivity contribution is 5.68. The van der Waals surface area contributed by atoms with E-state index in [0.29, 0.717) is 12.5 Å². The number of hydrogen-bond donors (Lipinski definition) is 1. The van der Waals surface area contributed by atoms with Crippen LogP contribution in [0.4, 0.5) is 4.79 Å². The fraction of sp³-hybridized carbons (Fsp3) is 0.909. The van der Waals surface area contributed by atoms with Crippen molar-refractivity contribution in [1.82, 2.24) is 4.90 Å². The molecule has 15 heavy (non-hydrogen) atoms. The van der Waals surface area contributed by atoms with Crippen LogP contribution < -0.4 is 5.73 Å². The molecule has 0 aliphatic carbocycles. The number of carbonyl (C=O) groups excluding carboxylic acids is 1. The molecule has 4 heteroatoms. The molecule has 1 amide bonds. The lowest BCUT2D eigenvalue weighted by atomic mass is 9.95. The number of amides is 1. The third kappa shape index (κ3) is 3.70. The number of hydrogen-bond acceptors (Lipinski definition) is 3. The fourth-order valence-corrected chi connectivity index (χ4v) is 1.59. The van der Waals surface area contributed by atoms with Crippen LogP contribution in [0, 0.1) is 5.92 Å². The van der Waals surface area contributed by atoms with Gasteiger partial charge < -0.3 is 15.4 Å². The van der Waals surface area contributed by atoms with Crippen molar-refractivity contribution in [3.63, 3.8) is 0 Å². The first kappa shape index (κ1) is 12.3. The standard InChI is InChI=1S/C11H22N2O2/c1-8-5-6-13(7-9(8)12)10(14)15-11(2,3)4/h8-9H,5-7,12H2,1-4H3/t8-,9+/m0/s1. The Morgan fingerprint density at radius 3 is 2.53 bits per heavy atom. The second-order valence-corrected chi connectivity index (χ2v) is 5.36. The Kier molecular flexibility index (Phi) is 3.60. The Morgan fingerprint density at radius 1 is 1.47 bits per heavy atom. The average molecular weight is 214 g/mol. The third-order valence-electron chi connectivity index (χ3n) is 2.67. The number of piperidine rings is 1. The minimum atomic E-state index is -0.426. The molecule has 0 saturated carbocycles. The summed E-state index contributed by atoms with van der Waals surface area (Å²) in [6, 6.07) is 0.0752. The van der Waals surface area contributed by atoms with Gasteiger partial charge in [-0.3, -0.25) is 0 Å². The summed E-state index contributed by atoms with van der Waals surface area (Å²) in [4.78, 5) is 13.4. The van der Waals surface area contributed by atoms with Crippen LogP contribution >= 0.6 is 0 Å². The zero-order valence-corrected chi connectivity index (χ0v) is 10.1. The summed E-state index contributed by atoms with van der Waals surface area (Å²) >= 11 is 0. The first-order chi connectivity index (χ1) is 6.79. The molecule has 1 aliphatic heterocycles. The SMILES string of the molecule is C[C@H]1CCN(C(=O)OC(C)(C)C)C[C@H]1N. The van der Waals surface area contributed by atoms with E-state index >= 15 is 0 Å². The van der Waals surface area contributed by atoms with E-state index in [-0.39, 0.29) is 12.1 Å². The molecule has 1 saturated heterocycles. The largest absolute Gasteiger partial charge is 0.444 e. The second kappa shape index (κ2) is 4.39. The van der Waals surface area contributed by atoms with Crippen LogP contribution in [0.1, 0.15) is 34.1 Å². The third-order valence-corrected chi connectivity index (χ3v) is 2.67. The van der Waals surface area contributed by atoms with E-state index in [1.54, 1.807) is 4.90 Å². The maximum atomic E-state index is 11.7. The molecule has 88 valence electrons. The van der Waals surface area contributed by atoms with Gasteiger partial charge in [-0.05, 0) is 33.1 Å². The molecule has 0 spiro atoms. The number of rotatable bonds is 0. The van der Waals surface area contributed by atoms with E-state index in [4.69, 9.17) is 10.5 Å². The quantitative estimate of drug-likeness (QED) is 0.666. The molecule has 1 fully saturated rings. The first-order valence-electron chi connectivity index (χ1n) is 5.53. The van der Waals surface area contributed by atoms with Crippen LogP contribution in [0.3, 0.4) is 0 Å². The van der Waals surface area contributed by atoms with Crippen molar-refractivity contribution < 1.29 is 9.53 Å². The van der Waals surface area contributed by atoms with Gasteiger partial charge in [0.1, 0.15) is 5.60 Å². The smallest absolute Gasteiger partial charge is 0.410 e. The van der Waals surface area contributed by atoms with E-state index in [1.165, 1.54) is 0 Å². The van der Waals surface area contributed by atoms with E-state index in [0.717, 1.165) is 13.0 Å². The molecule has 0 aromatic rings. The summed E-state index contributed by atoms with van der Waals surface area (Å²) in [5.74, 6) is 0.490. The highest BCUT2D eigenvalue weighted by Crippen LogP contribution is 2.18. The molecule has 0 aromatic heterocycles. The van der Waals surface area contributed by atoms with Gasteiger partial charge in [0, 0.05) is 19.1 Å². The van der Waals surface area contributed by atoms with Gasteiger partial charge in [0.25, 0.3) is 0 Å². The first-order valence-corrected chi connectivity index (χ1v) is 5.53. The van der Waals surface area contributed by atoms with Gasteiger partial charge in [-0.25, -0.2) is 4.79 Å². The summed E-state index contributed by atoms with van der Waals surface area (Å²) in [5, 5.41) is 0. The molecule has 1 aliphatic rings. The van der Waals surface area contributed by atoms with Gasteiger partial charge in [-0.1, -0.05) is 6.92 Å². The van der Waals surface area contributed by atoms with Crippen LogP contribution in [-0.2, 0) is 4.74 Å². The Bertz CT molecular complexity index is 235.